The number of halogens is 1. The van der Waals surface area contributed by atoms with E-state index in [9.17, 15) is 4.79 Å². The molecule has 1 atom stereocenters. The summed E-state index contributed by atoms with van der Waals surface area (Å²) in [7, 11) is 0. The van der Waals surface area contributed by atoms with Crippen LogP contribution >= 0.6 is 38.6 Å². The first kappa shape index (κ1) is 13.1. The molecule has 1 unspecified atom stereocenters. The molecule has 0 aliphatic carbocycles. The van der Waals surface area contributed by atoms with Gasteiger partial charge in [0, 0.05) is 20.8 Å². The number of thiophene rings is 2. The SMILES string of the molecule is CCCC(Br)CNC(=O)c1cc2sccc2s1. The van der Waals surface area contributed by atoms with Crippen molar-refractivity contribution in [2.75, 3.05) is 6.54 Å². The molecule has 0 aliphatic rings. The van der Waals surface area contributed by atoms with Gasteiger partial charge in [0.25, 0.3) is 5.91 Å². The molecule has 92 valence electrons. The molecule has 0 saturated heterocycles. The maximum absolute atomic E-state index is 11.9. The summed E-state index contributed by atoms with van der Waals surface area (Å²) in [4.78, 5) is 13.1. The lowest BCUT2D eigenvalue weighted by atomic mass is 10.2. The molecule has 2 heterocycles. The first-order chi connectivity index (χ1) is 8.20. The molecule has 17 heavy (non-hydrogen) atoms. The van der Waals surface area contributed by atoms with Crippen molar-refractivity contribution >= 4 is 53.9 Å². The first-order valence-corrected chi connectivity index (χ1v) is 8.21. The molecule has 0 aromatic carbocycles. The van der Waals surface area contributed by atoms with Gasteiger partial charge in [-0.15, -0.1) is 22.7 Å². The first-order valence-electron chi connectivity index (χ1n) is 5.60. The van der Waals surface area contributed by atoms with Crippen molar-refractivity contribution in [2.24, 2.45) is 0 Å². The van der Waals surface area contributed by atoms with Crippen LogP contribution in [0.2, 0.25) is 0 Å². The van der Waals surface area contributed by atoms with Crippen molar-refractivity contribution in [3.05, 3.63) is 22.4 Å². The predicted octanol–water partition coefficient (Wildman–Crippen LogP) is 4.26. The second-order valence-electron chi connectivity index (χ2n) is 3.86. The van der Waals surface area contributed by atoms with E-state index in [1.165, 1.54) is 9.40 Å². The third-order valence-electron chi connectivity index (χ3n) is 2.45. The van der Waals surface area contributed by atoms with Crippen molar-refractivity contribution in [2.45, 2.75) is 24.6 Å². The fraction of sp³-hybridized carbons (Fsp3) is 0.417. The van der Waals surface area contributed by atoms with E-state index in [1.807, 2.05) is 6.07 Å². The summed E-state index contributed by atoms with van der Waals surface area (Å²) < 4.78 is 2.40. The highest BCUT2D eigenvalue weighted by atomic mass is 79.9. The van der Waals surface area contributed by atoms with Crippen LogP contribution < -0.4 is 5.32 Å². The molecule has 0 radical (unpaired) electrons. The van der Waals surface area contributed by atoms with Gasteiger partial charge in [-0.2, -0.15) is 0 Å². The molecule has 0 bridgehead atoms. The Morgan fingerprint density at radius 3 is 3.06 bits per heavy atom. The van der Waals surface area contributed by atoms with Gasteiger partial charge < -0.3 is 5.32 Å². The van der Waals surface area contributed by atoms with Crippen LogP contribution in [0.5, 0.6) is 0 Å². The molecule has 2 rings (SSSR count). The summed E-state index contributed by atoms with van der Waals surface area (Å²) in [5.41, 5.74) is 0. The number of nitrogens with one attached hydrogen (secondary N) is 1. The molecule has 1 amide bonds. The van der Waals surface area contributed by atoms with Crippen LogP contribution in [0.15, 0.2) is 17.5 Å². The Morgan fingerprint density at radius 2 is 2.35 bits per heavy atom. The Hall–Kier alpha value is -0.390. The van der Waals surface area contributed by atoms with Gasteiger partial charge >= 0.3 is 0 Å². The van der Waals surface area contributed by atoms with Gasteiger partial charge in [0.2, 0.25) is 0 Å². The second kappa shape index (κ2) is 5.98. The van der Waals surface area contributed by atoms with E-state index in [0.717, 1.165) is 17.7 Å². The summed E-state index contributed by atoms with van der Waals surface area (Å²) in [5.74, 6) is 0.0407. The van der Waals surface area contributed by atoms with Crippen LogP contribution in [0.3, 0.4) is 0 Å². The number of alkyl halides is 1. The average molecular weight is 332 g/mol. The standard InChI is InChI=1S/C12H14BrNOS2/c1-2-3-8(13)7-14-12(15)11-6-10-9(17-11)4-5-16-10/h4-6,8H,2-3,7H2,1H3,(H,14,15). The van der Waals surface area contributed by atoms with Crippen LogP contribution in [0.25, 0.3) is 9.40 Å². The largest absolute Gasteiger partial charge is 0.350 e. The Bertz CT molecular complexity index is 477. The third-order valence-corrected chi connectivity index (χ3v) is 5.32. The molecular weight excluding hydrogens is 318 g/mol. The molecule has 0 saturated carbocycles. The molecule has 0 aliphatic heterocycles. The summed E-state index contributed by atoms with van der Waals surface area (Å²) in [6, 6.07) is 4.04. The van der Waals surface area contributed by atoms with Crippen LogP contribution in [0.4, 0.5) is 0 Å². The van der Waals surface area contributed by atoms with Crippen molar-refractivity contribution in [3.8, 4) is 0 Å². The fourth-order valence-corrected chi connectivity index (χ4v) is 4.23. The lowest BCUT2D eigenvalue weighted by Gasteiger charge is -2.08. The maximum atomic E-state index is 11.9. The molecule has 2 aromatic heterocycles. The number of rotatable bonds is 5. The number of fused-ring (bicyclic) bond motifs is 1. The highest BCUT2D eigenvalue weighted by Gasteiger charge is 2.12. The van der Waals surface area contributed by atoms with E-state index >= 15 is 0 Å². The summed E-state index contributed by atoms with van der Waals surface area (Å²) in [5, 5.41) is 5.02. The molecule has 2 nitrogen and oxygen atoms in total. The van der Waals surface area contributed by atoms with E-state index in [1.54, 1.807) is 22.7 Å². The second-order valence-corrected chi connectivity index (χ2v) is 7.18. The maximum Gasteiger partial charge on any atom is 0.261 e. The monoisotopic (exact) mass is 331 g/mol. The van der Waals surface area contributed by atoms with Gasteiger partial charge in [-0.1, -0.05) is 29.3 Å². The number of carbonyl (C=O) groups is 1. The number of carbonyl (C=O) groups excluding carboxylic acids is 1. The molecule has 0 spiro atoms. The van der Waals surface area contributed by atoms with Crippen LogP contribution in [0.1, 0.15) is 29.4 Å². The Balaban J connectivity index is 1.94. The van der Waals surface area contributed by atoms with Gasteiger partial charge in [-0.25, -0.2) is 0 Å². The van der Waals surface area contributed by atoms with Gasteiger partial charge in [0.05, 0.1) is 4.88 Å². The van der Waals surface area contributed by atoms with Crippen molar-refractivity contribution < 1.29 is 4.79 Å². The van der Waals surface area contributed by atoms with Gasteiger partial charge in [0.15, 0.2) is 0 Å². The minimum absolute atomic E-state index is 0.0407. The molecule has 1 N–H and O–H groups in total. The number of hydrogen-bond acceptors (Lipinski definition) is 3. The smallest absolute Gasteiger partial charge is 0.261 e. The Kier molecular flexibility index (Phi) is 4.59. The summed E-state index contributed by atoms with van der Waals surface area (Å²) >= 11 is 6.80. The van der Waals surface area contributed by atoms with Gasteiger partial charge in [-0.05, 0) is 23.9 Å². The van der Waals surface area contributed by atoms with Crippen molar-refractivity contribution in [3.63, 3.8) is 0 Å². The summed E-state index contributed by atoms with van der Waals surface area (Å²) in [6.45, 7) is 2.84. The van der Waals surface area contributed by atoms with Crippen LogP contribution in [0, 0.1) is 0 Å². The van der Waals surface area contributed by atoms with E-state index < -0.39 is 0 Å². The quantitative estimate of drug-likeness (QED) is 0.815. The minimum Gasteiger partial charge on any atom is -0.350 e. The predicted molar refractivity (Wildman–Crippen MR) is 79.7 cm³/mol. The van der Waals surface area contributed by atoms with E-state index in [4.69, 9.17) is 0 Å². The molecule has 5 heteroatoms. The van der Waals surface area contributed by atoms with Gasteiger partial charge in [0.1, 0.15) is 0 Å². The van der Waals surface area contributed by atoms with Crippen molar-refractivity contribution in [1.29, 1.82) is 0 Å². The summed E-state index contributed by atoms with van der Waals surface area (Å²) in [6.07, 6.45) is 2.21. The zero-order valence-electron chi connectivity index (χ0n) is 9.53. The lowest BCUT2D eigenvalue weighted by molar-refractivity contribution is 0.0958. The highest BCUT2D eigenvalue weighted by Crippen LogP contribution is 2.29. The van der Waals surface area contributed by atoms with Crippen LogP contribution in [-0.4, -0.2) is 17.3 Å². The molecule has 0 fully saturated rings. The van der Waals surface area contributed by atoms with Crippen LogP contribution in [-0.2, 0) is 0 Å². The number of hydrogen-bond donors (Lipinski definition) is 1. The van der Waals surface area contributed by atoms with E-state index in [2.05, 4.69) is 39.6 Å². The van der Waals surface area contributed by atoms with E-state index in [-0.39, 0.29) is 5.91 Å². The Labute approximate surface area is 117 Å². The topological polar surface area (TPSA) is 29.1 Å². The Morgan fingerprint density at radius 1 is 1.53 bits per heavy atom. The zero-order chi connectivity index (χ0) is 12.3. The zero-order valence-corrected chi connectivity index (χ0v) is 12.8. The molecule has 2 aromatic rings. The fourth-order valence-electron chi connectivity index (χ4n) is 1.58. The van der Waals surface area contributed by atoms with Crippen molar-refractivity contribution in [1.82, 2.24) is 5.32 Å². The lowest BCUT2D eigenvalue weighted by Crippen LogP contribution is -2.28. The third kappa shape index (κ3) is 3.30. The van der Waals surface area contributed by atoms with Gasteiger partial charge in [-0.3, -0.25) is 4.79 Å². The van der Waals surface area contributed by atoms with E-state index in [0.29, 0.717) is 11.4 Å². The normalized spacial score (nSPS) is 12.8. The average Bonchev–Trinajstić information content (AvgIpc) is 2.86. The minimum atomic E-state index is 0.0407. The highest BCUT2D eigenvalue weighted by molar-refractivity contribution is 9.09. The molecular formula is C12H14BrNOS2. The number of amides is 1.